The molecule has 1 rings (SSSR count). The molecule has 0 unspecified atom stereocenters. The molecule has 0 aliphatic carbocycles. The van der Waals surface area contributed by atoms with Crippen LogP contribution in [0.25, 0.3) is 0 Å². The second kappa shape index (κ2) is 3.83. The molecular weight excluding hydrogens is 186 g/mol. The summed E-state index contributed by atoms with van der Waals surface area (Å²) in [6.07, 6.45) is -0.943. The predicted octanol–water partition coefficient (Wildman–Crippen LogP) is 2.24. The molecule has 0 bridgehead atoms. The first kappa shape index (κ1) is 9.42. The third kappa shape index (κ3) is 1.93. The number of alkyl halides is 1. The molecule has 0 saturated heterocycles. The summed E-state index contributed by atoms with van der Waals surface area (Å²) in [5.74, 6) is -1.94. The molecule has 1 atom stereocenters. The van der Waals surface area contributed by atoms with Gasteiger partial charge in [-0.3, -0.25) is 0 Å². The maximum atomic E-state index is 12.5. The first-order chi connectivity index (χ1) is 5.65. The Balaban J connectivity index is 2.96. The molecule has 0 aromatic heterocycles. The van der Waals surface area contributed by atoms with Crippen molar-refractivity contribution < 1.29 is 13.9 Å². The zero-order valence-corrected chi connectivity index (χ0v) is 6.85. The van der Waals surface area contributed by atoms with Crippen molar-refractivity contribution >= 4 is 11.6 Å². The van der Waals surface area contributed by atoms with Gasteiger partial charge < -0.3 is 5.11 Å². The molecule has 66 valence electrons. The minimum atomic E-state index is -0.975. The third-order valence-electron chi connectivity index (χ3n) is 1.47. The number of rotatable bonds is 2. The number of halogens is 3. The van der Waals surface area contributed by atoms with E-state index in [4.69, 9.17) is 16.7 Å². The molecule has 1 N–H and O–H groups in total. The van der Waals surface area contributed by atoms with Gasteiger partial charge in [0.15, 0.2) is 11.6 Å². The van der Waals surface area contributed by atoms with Crippen LogP contribution in [0.15, 0.2) is 18.2 Å². The van der Waals surface area contributed by atoms with Gasteiger partial charge in [-0.15, -0.1) is 11.6 Å². The Bertz CT molecular complexity index is 278. The highest BCUT2D eigenvalue weighted by Crippen LogP contribution is 2.16. The van der Waals surface area contributed by atoms with E-state index in [1.54, 1.807) is 0 Å². The summed E-state index contributed by atoms with van der Waals surface area (Å²) in [6, 6.07) is 3.19. The molecule has 0 amide bonds. The van der Waals surface area contributed by atoms with E-state index in [1.807, 2.05) is 0 Å². The van der Waals surface area contributed by atoms with E-state index in [0.717, 1.165) is 12.1 Å². The van der Waals surface area contributed by atoms with Crippen LogP contribution in [0.4, 0.5) is 8.78 Å². The van der Waals surface area contributed by atoms with Crippen LogP contribution >= 0.6 is 11.6 Å². The van der Waals surface area contributed by atoms with E-state index in [0.29, 0.717) is 0 Å². The Kier molecular flexibility index (Phi) is 3.00. The fourth-order valence-corrected chi connectivity index (χ4v) is 0.987. The summed E-state index contributed by atoms with van der Waals surface area (Å²) >= 11 is 5.31. The standard InChI is InChI=1S/C8H7ClF2O/c9-4-8(12)5-1-2-6(10)7(11)3-5/h1-3,8,12H,4H2/t8-/m0/s1. The topological polar surface area (TPSA) is 20.2 Å². The summed E-state index contributed by atoms with van der Waals surface area (Å²) in [5, 5.41) is 9.12. The highest BCUT2D eigenvalue weighted by atomic mass is 35.5. The molecule has 0 saturated carbocycles. The van der Waals surface area contributed by atoms with Gasteiger partial charge in [-0.2, -0.15) is 0 Å². The van der Waals surface area contributed by atoms with Gasteiger partial charge in [0.25, 0.3) is 0 Å². The normalized spacial score (nSPS) is 13.0. The molecule has 0 spiro atoms. The van der Waals surface area contributed by atoms with Crippen molar-refractivity contribution in [3.05, 3.63) is 35.4 Å². The van der Waals surface area contributed by atoms with Crippen LogP contribution in [-0.2, 0) is 0 Å². The second-order valence-electron chi connectivity index (χ2n) is 2.34. The van der Waals surface area contributed by atoms with Crippen molar-refractivity contribution in [2.45, 2.75) is 6.10 Å². The van der Waals surface area contributed by atoms with Crippen molar-refractivity contribution in [2.75, 3.05) is 5.88 Å². The van der Waals surface area contributed by atoms with Gasteiger partial charge in [-0.1, -0.05) is 6.07 Å². The minimum absolute atomic E-state index is 0.0366. The summed E-state index contributed by atoms with van der Waals surface area (Å²) in [5.41, 5.74) is 0.281. The summed E-state index contributed by atoms with van der Waals surface area (Å²) in [7, 11) is 0. The molecule has 1 nitrogen and oxygen atoms in total. The van der Waals surface area contributed by atoms with Gasteiger partial charge in [0.05, 0.1) is 12.0 Å². The van der Waals surface area contributed by atoms with E-state index in [2.05, 4.69) is 0 Å². The smallest absolute Gasteiger partial charge is 0.159 e. The van der Waals surface area contributed by atoms with Gasteiger partial charge >= 0.3 is 0 Å². The van der Waals surface area contributed by atoms with Crippen LogP contribution < -0.4 is 0 Å². The molecule has 0 heterocycles. The maximum Gasteiger partial charge on any atom is 0.159 e. The zero-order valence-electron chi connectivity index (χ0n) is 6.10. The minimum Gasteiger partial charge on any atom is -0.387 e. The lowest BCUT2D eigenvalue weighted by Gasteiger charge is -2.06. The van der Waals surface area contributed by atoms with Crippen LogP contribution in [0.1, 0.15) is 11.7 Å². The predicted molar refractivity (Wildman–Crippen MR) is 42.0 cm³/mol. The molecule has 0 aliphatic rings. The van der Waals surface area contributed by atoms with Crippen molar-refractivity contribution in [2.24, 2.45) is 0 Å². The number of aliphatic hydroxyl groups excluding tert-OH is 1. The third-order valence-corrected chi connectivity index (χ3v) is 1.77. The monoisotopic (exact) mass is 192 g/mol. The van der Waals surface area contributed by atoms with Gasteiger partial charge in [-0.25, -0.2) is 8.78 Å². The SMILES string of the molecule is O[C@@H](CCl)c1ccc(F)c(F)c1. The summed E-state index contributed by atoms with van der Waals surface area (Å²) in [6.45, 7) is 0. The van der Waals surface area contributed by atoms with Crippen molar-refractivity contribution in [1.29, 1.82) is 0 Å². The molecule has 1 aromatic carbocycles. The number of hydrogen-bond donors (Lipinski definition) is 1. The molecule has 12 heavy (non-hydrogen) atoms. The fourth-order valence-electron chi connectivity index (χ4n) is 0.809. The lowest BCUT2D eigenvalue weighted by molar-refractivity contribution is 0.202. The van der Waals surface area contributed by atoms with Crippen LogP contribution in [-0.4, -0.2) is 11.0 Å². The molecule has 0 fully saturated rings. The van der Waals surface area contributed by atoms with Gasteiger partial charge in [0, 0.05) is 0 Å². The largest absolute Gasteiger partial charge is 0.387 e. The molecule has 1 aromatic rings. The van der Waals surface area contributed by atoms with Crippen molar-refractivity contribution in [1.82, 2.24) is 0 Å². The fraction of sp³-hybridized carbons (Fsp3) is 0.250. The second-order valence-corrected chi connectivity index (χ2v) is 2.65. The van der Waals surface area contributed by atoms with E-state index in [9.17, 15) is 8.78 Å². The highest BCUT2D eigenvalue weighted by molar-refractivity contribution is 6.18. The molecular formula is C8H7ClF2O. The summed E-state index contributed by atoms with van der Waals surface area (Å²) < 4.78 is 24.9. The number of benzene rings is 1. The Labute approximate surface area is 73.6 Å². The van der Waals surface area contributed by atoms with Crippen LogP contribution in [0.5, 0.6) is 0 Å². The Morgan fingerprint density at radius 1 is 1.33 bits per heavy atom. The maximum absolute atomic E-state index is 12.5. The first-order valence-electron chi connectivity index (χ1n) is 3.34. The number of hydrogen-bond acceptors (Lipinski definition) is 1. The van der Waals surface area contributed by atoms with Crippen molar-refractivity contribution in [3.8, 4) is 0 Å². The Morgan fingerprint density at radius 3 is 2.50 bits per heavy atom. The molecule has 4 heteroatoms. The van der Waals surface area contributed by atoms with E-state index >= 15 is 0 Å². The average Bonchev–Trinajstić information content (AvgIpc) is 2.08. The van der Waals surface area contributed by atoms with E-state index in [-0.39, 0.29) is 11.4 Å². The highest BCUT2D eigenvalue weighted by Gasteiger charge is 2.08. The van der Waals surface area contributed by atoms with Gasteiger partial charge in [-0.05, 0) is 17.7 Å². The lowest BCUT2D eigenvalue weighted by Crippen LogP contribution is -1.99. The van der Waals surface area contributed by atoms with E-state index < -0.39 is 17.7 Å². The zero-order chi connectivity index (χ0) is 9.14. The molecule has 0 radical (unpaired) electrons. The van der Waals surface area contributed by atoms with Crippen LogP contribution in [0.3, 0.4) is 0 Å². The van der Waals surface area contributed by atoms with E-state index in [1.165, 1.54) is 6.07 Å². The van der Waals surface area contributed by atoms with Gasteiger partial charge in [0.2, 0.25) is 0 Å². The Hall–Kier alpha value is -0.670. The van der Waals surface area contributed by atoms with Gasteiger partial charge in [0.1, 0.15) is 0 Å². The van der Waals surface area contributed by atoms with Crippen LogP contribution in [0, 0.1) is 11.6 Å². The first-order valence-corrected chi connectivity index (χ1v) is 3.87. The van der Waals surface area contributed by atoms with Crippen LogP contribution in [0.2, 0.25) is 0 Å². The summed E-state index contributed by atoms with van der Waals surface area (Å²) in [4.78, 5) is 0. The average molecular weight is 193 g/mol. The number of aliphatic hydroxyl groups is 1. The quantitative estimate of drug-likeness (QED) is 0.713. The Morgan fingerprint density at radius 2 is 2.00 bits per heavy atom. The van der Waals surface area contributed by atoms with Crippen molar-refractivity contribution in [3.63, 3.8) is 0 Å². The molecule has 0 aliphatic heterocycles. The lowest BCUT2D eigenvalue weighted by atomic mass is 10.1.